The summed E-state index contributed by atoms with van der Waals surface area (Å²) in [5, 5.41) is 20.9. The summed E-state index contributed by atoms with van der Waals surface area (Å²) in [6.07, 6.45) is -0.789. The van der Waals surface area contributed by atoms with E-state index in [4.69, 9.17) is 9.84 Å². The van der Waals surface area contributed by atoms with E-state index in [1.807, 2.05) is 48.5 Å². The summed E-state index contributed by atoms with van der Waals surface area (Å²) in [7, 11) is 0. The fourth-order valence-corrected chi connectivity index (χ4v) is 4.49. The quantitative estimate of drug-likeness (QED) is 0.209. The maximum absolute atomic E-state index is 12.6. The molecule has 0 saturated heterocycles. The molecule has 6 N–H and O–H groups in total. The van der Waals surface area contributed by atoms with Crippen LogP contribution in [-0.4, -0.2) is 77.6 Å². The third-order valence-electron chi connectivity index (χ3n) is 7.06. The molecule has 5 unspecified atom stereocenters. The third-order valence-corrected chi connectivity index (χ3v) is 7.06. The number of carbonyl (C=O) groups is 6. The van der Waals surface area contributed by atoms with Gasteiger partial charge in [-0.15, -0.1) is 0 Å². The van der Waals surface area contributed by atoms with Crippen LogP contribution >= 0.6 is 0 Å². The van der Waals surface area contributed by atoms with Gasteiger partial charge in [0.05, 0.1) is 0 Å². The van der Waals surface area contributed by atoms with E-state index in [2.05, 4.69) is 26.6 Å². The Morgan fingerprint density at radius 3 is 1.35 bits per heavy atom. The lowest BCUT2D eigenvalue weighted by Crippen LogP contribution is -2.56. The van der Waals surface area contributed by atoms with E-state index in [1.54, 1.807) is 0 Å². The topological polar surface area (TPSA) is 192 Å². The van der Waals surface area contributed by atoms with Crippen LogP contribution in [0, 0.1) is 0 Å². The predicted octanol–water partition coefficient (Wildman–Crippen LogP) is 1.02. The fraction of sp³-hybridized carbons (Fsp3) is 0.400. The highest BCUT2D eigenvalue weighted by atomic mass is 16.5. The van der Waals surface area contributed by atoms with Crippen molar-refractivity contribution in [3.8, 4) is 11.1 Å². The summed E-state index contributed by atoms with van der Waals surface area (Å²) in [6, 6.07) is 10.4. The van der Waals surface area contributed by atoms with Gasteiger partial charge in [-0.3, -0.25) is 24.0 Å². The smallest absolute Gasteiger partial charge is 0.407 e. The average Bonchev–Trinajstić information content (AvgIpc) is 3.29. The zero-order valence-corrected chi connectivity index (χ0v) is 24.6. The Balaban J connectivity index is 1.44. The number of carboxylic acids is 1. The Morgan fingerprint density at radius 1 is 0.605 bits per heavy atom. The number of hydrogen-bond acceptors (Lipinski definition) is 7. The molecule has 230 valence electrons. The summed E-state index contributed by atoms with van der Waals surface area (Å²) in [5.74, 6) is -4.10. The molecule has 0 aromatic heterocycles. The summed E-state index contributed by atoms with van der Waals surface area (Å²) in [4.78, 5) is 73.1. The van der Waals surface area contributed by atoms with E-state index < -0.39 is 65.9 Å². The average molecular weight is 596 g/mol. The number of rotatable bonds is 12. The molecule has 0 spiro atoms. The van der Waals surface area contributed by atoms with Crippen LogP contribution in [0.5, 0.6) is 0 Å². The molecule has 0 fully saturated rings. The minimum Gasteiger partial charge on any atom is -0.480 e. The molecule has 0 heterocycles. The summed E-state index contributed by atoms with van der Waals surface area (Å²) in [5.41, 5.74) is 4.28. The Morgan fingerprint density at radius 2 is 0.953 bits per heavy atom. The van der Waals surface area contributed by atoms with Gasteiger partial charge < -0.3 is 36.4 Å². The van der Waals surface area contributed by atoms with Gasteiger partial charge in [0.15, 0.2) is 0 Å². The van der Waals surface area contributed by atoms with Crippen LogP contribution in [0.25, 0.3) is 11.1 Å². The van der Waals surface area contributed by atoms with Gasteiger partial charge >= 0.3 is 12.1 Å². The second-order valence-electron chi connectivity index (χ2n) is 10.5. The maximum atomic E-state index is 12.6. The first-order valence-corrected chi connectivity index (χ1v) is 13.9. The summed E-state index contributed by atoms with van der Waals surface area (Å²) < 4.78 is 5.46. The largest absolute Gasteiger partial charge is 0.480 e. The summed E-state index contributed by atoms with van der Waals surface area (Å²) in [6.45, 7) is 6.95. The van der Waals surface area contributed by atoms with Crippen molar-refractivity contribution in [3.63, 3.8) is 0 Å². The van der Waals surface area contributed by atoms with Crippen LogP contribution in [-0.2, 0) is 28.7 Å². The van der Waals surface area contributed by atoms with Crippen molar-refractivity contribution in [1.82, 2.24) is 26.6 Å². The highest BCUT2D eigenvalue weighted by molar-refractivity contribution is 5.95. The van der Waals surface area contributed by atoms with Crippen LogP contribution in [0.15, 0.2) is 48.5 Å². The standard InChI is InChI=1S/C30H37N5O8/c1-15(25(36)32-17(3)27(38)34-19(5)29(40)41)31-26(37)16(2)33-28(39)18(4)35-30(42)43-14-24-22-12-8-6-10-20(22)21-11-7-9-13-23(21)24/h6-13,15-19,24H,14H2,1-5H3,(H,31,37)(H,32,36)(H,33,39)(H,34,38)(H,35,42)(H,40,41). The SMILES string of the molecule is CC(NC(=O)C(C)NC(=O)C(C)NC(=O)C(C)NC(=O)C(C)NC(=O)OCC1c2ccccc2-c2ccccc21)C(=O)O. The first-order chi connectivity index (χ1) is 20.3. The molecule has 43 heavy (non-hydrogen) atoms. The second kappa shape index (κ2) is 14.3. The molecule has 0 saturated carbocycles. The van der Waals surface area contributed by atoms with Gasteiger partial charge in [0.25, 0.3) is 0 Å². The second-order valence-corrected chi connectivity index (χ2v) is 10.5. The Bertz CT molecular complexity index is 1350. The molecule has 1 aliphatic carbocycles. The third kappa shape index (κ3) is 8.31. The van der Waals surface area contributed by atoms with Gasteiger partial charge in [-0.25, -0.2) is 4.79 Å². The molecule has 2 aromatic carbocycles. The van der Waals surface area contributed by atoms with Crippen LogP contribution in [0.3, 0.4) is 0 Å². The highest BCUT2D eigenvalue weighted by Crippen LogP contribution is 2.44. The number of amides is 5. The number of hydrogen-bond donors (Lipinski definition) is 6. The first kappa shape index (κ1) is 32.6. The van der Waals surface area contributed by atoms with Crippen LogP contribution in [0.2, 0.25) is 0 Å². The minimum atomic E-state index is -1.23. The van der Waals surface area contributed by atoms with Gasteiger partial charge in [0.1, 0.15) is 36.8 Å². The Labute approximate surface area is 249 Å². The van der Waals surface area contributed by atoms with Crippen molar-refractivity contribution in [2.24, 2.45) is 0 Å². The number of benzene rings is 2. The van der Waals surface area contributed by atoms with E-state index in [0.29, 0.717) is 0 Å². The minimum absolute atomic E-state index is 0.0752. The molecule has 2 aromatic rings. The number of nitrogens with one attached hydrogen (secondary N) is 5. The van der Waals surface area contributed by atoms with Crippen molar-refractivity contribution in [3.05, 3.63) is 59.7 Å². The first-order valence-electron chi connectivity index (χ1n) is 13.9. The molecule has 3 rings (SSSR count). The van der Waals surface area contributed by atoms with Crippen LogP contribution in [0.1, 0.15) is 51.7 Å². The van der Waals surface area contributed by atoms with Crippen molar-refractivity contribution >= 4 is 35.7 Å². The zero-order valence-electron chi connectivity index (χ0n) is 24.6. The molecular formula is C30H37N5O8. The normalized spacial score (nSPS) is 15.3. The number of alkyl carbamates (subject to hydrolysis) is 1. The molecule has 5 amide bonds. The van der Waals surface area contributed by atoms with Crippen LogP contribution < -0.4 is 26.6 Å². The monoisotopic (exact) mass is 595 g/mol. The maximum Gasteiger partial charge on any atom is 0.407 e. The lowest BCUT2D eigenvalue weighted by molar-refractivity contribution is -0.141. The van der Waals surface area contributed by atoms with E-state index in [9.17, 15) is 28.8 Å². The number of carbonyl (C=O) groups excluding carboxylic acids is 5. The van der Waals surface area contributed by atoms with Crippen LogP contribution in [0.4, 0.5) is 4.79 Å². The van der Waals surface area contributed by atoms with Gasteiger partial charge in [0, 0.05) is 5.92 Å². The fourth-order valence-electron chi connectivity index (χ4n) is 4.49. The molecule has 13 nitrogen and oxygen atoms in total. The number of fused-ring (bicyclic) bond motifs is 3. The molecule has 1 aliphatic rings. The van der Waals surface area contributed by atoms with Crippen molar-refractivity contribution in [2.75, 3.05) is 6.61 Å². The van der Waals surface area contributed by atoms with E-state index in [0.717, 1.165) is 22.3 Å². The van der Waals surface area contributed by atoms with Gasteiger partial charge in [0.2, 0.25) is 23.6 Å². The number of ether oxygens (including phenoxy) is 1. The van der Waals surface area contributed by atoms with Crippen molar-refractivity contribution in [1.29, 1.82) is 0 Å². The lowest BCUT2D eigenvalue weighted by atomic mass is 9.98. The number of carboxylic acid groups (broad SMARTS) is 1. The highest BCUT2D eigenvalue weighted by Gasteiger charge is 2.30. The van der Waals surface area contributed by atoms with Crippen molar-refractivity contribution in [2.45, 2.75) is 70.7 Å². The van der Waals surface area contributed by atoms with E-state index in [-0.39, 0.29) is 12.5 Å². The molecule has 13 heteroatoms. The van der Waals surface area contributed by atoms with E-state index in [1.165, 1.54) is 34.6 Å². The Kier molecular flexibility index (Phi) is 10.8. The van der Waals surface area contributed by atoms with Gasteiger partial charge in [-0.1, -0.05) is 48.5 Å². The molecule has 0 aliphatic heterocycles. The van der Waals surface area contributed by atoms with Gasteiger partial charge in [-0.05, 0) is 56.9 Å². The van der Waals surface area contributed by atoms with Crippen molar-refractivity contribution < 1.29 is 38.6 Å². The molecular weight excluding hydrogens is 558 g/mol. The molecule has 5 atom stereocenters. The summed E-state index contributed by atoms with van der Waals surface area (Å²) >= 11 is 0. The van der Waals surface area contributed by atoms with E-state index >= 15 is 0 Å². The number of aliphatic carboxylic acids is 1. The molecule has 0 bridgehead atoms. The van der Waals surface area contributed by atoms with Gasteiger partial charge in [-0.2, -0.15) is 0 Å². The predicted molar refractivity (Wildman–Crippen MR) is 156 cm³/mol. The Hall–Kier alpha value is -4.94. The zero-order chi connectivity index (χ0) is 31.8. The lowest BCUT2D eigenvalue weighted by Gasteiger charge is -2.22. The molecule has 0 radical (unpaired) electrons.